The zero-order valence-corrected chi connectivity index (χ0v) is 22.4. The van der Waals surface area contributed by atoms with Crippen molar-refractivity contribution in [3.8, 4) is 0 Å². The molecule has 0 aliphatic carbocycles. The second-order valence-corrected chi connectivity index (χ2v) is 10.6. The number of amides is 2. The van der Waals surface area contributed by atoms with Crippen LogP contribution in [-0.2, 0) is 5.41 Å². The lowest BCUT2D eigenvalue weighted by Gasteiger charge is -2.19. The first-order valence-electron chi connectivity index (χ1n) is 12.2. The zero-order chi connectivity index (χ0) is 27.1. The average Bonchev–Trinajstić information content (AvgIpc) is 3.34. The Morgan fingerprint density at radius 2 is 1.74 bits per heavy atom. The molecule has 0 saturated carbocycles. The van der Waals surface area contributed by atoms with E-state index < -0.39 is 0 Å². The van der Waals surface area contributed by atoms with Crippen LogP contribution in [0.1, 0.15) is 46.5 Å². The van der Waals surface area contributed by atoms with Gasteiger partial charge < -0.3 is 16.4 Å². The van der Waals surface area contributed by atoms with Crippen LogP contribution in [0.5, 0.6) is 0 Å². The van der Waals surface area contributed by atoms with Crippen LogP contribution in [0.2, 0.25) is 0 Å². The fourth-order valence-electron chi connectivity index (χ4n) is 3.62. The number of aromatic nitrogens is 3. The molecular formula is C29H30N6O2S. The van der Waals surface area contributed by atoms with Crippen molar-refractivity contribution in [1.29, 1.82) is 0 Å². The van der Waals surface area contributed by atoms with Crippen molar-refractivity contribution < 1.29 is 9.59 Å². The number of anilines is 1. The highest BCUT2D eigenvalue weighted by Gasteiger charge is 2.15. The highest BCUT2D eigenvalue weighted by molar-refractivity contribution is 7.20. The van der Waals surface area contributed by atoms with Gasteiger partial charge in [0, 0.05) is 41.9 Å². The smallest absolute Gasteiger partial charge is 0.275 e. The summed E-state index contributed by atoms with van der Waals surface area (Å²) >= 11 is 1.42. The summed E-state index contributed by atoms with van der Waals surface area (Å²) in [7, 11) is 0. The second-order valence-electron chi connectivity index (χ2n) is 9.61. The average molecular weight is 527 g/mol. The second kappa shape index (κ2) is 11.9. The van der Waals surface area contributed by atoms with Gasteiger partial charge in [0.25, 0.3) is 11.8 Å². The van der Waals surface area contributed by atoms with Gasteiger partial charge in [0.05, 0.1) is 16.6 Å². The number of carbonyl (C=O) groups is 2. The fraction of sp³-hybridized carbons (Fsp3) is 0.207. The van der Waals surface area contributed by atoms with E-state index in [4.69, 9.17) is 10.7 Å². The Balaban J connectivity index is 0.000000194. The van der Waals surface area contributed by atoms with E-state index in [2.05, 4.69) is 65.6 Å². The lowest BCUT2D eigenvalue weighted by molar-refractivity contribution is 0.0957. The molecule has 2 amide bonds. The highest BCUT2D eigenvalue weighted by atomic mass is 32.1. The Labute approximate surface area is 225 Å². The number of fused-ring (bicyclic) bond motifs is 2. The van der Waals surface area contributed by atoms with Gasteiger partial charge in [-0.15, -0.1) is 11.3 Å². The summed E-state index contributed by atoms with van der Waals surface area (Å²) in [5.74, 6) is -0.341. The van der Waals surface area contributed by atoms with E-state index in [1.807, 2.05) is 36.4 Å². The molecule has 38 heavy (non-hydrogen) atoms. The molecule has 5 rings (SSSR count). The number of nitrogens with two attached hydrogens (primary N) is 1. The molecule has 0 aliphatic heterocycles. The standard InChI is InChI=1S/C18H21N3OS.C11H9N3O/c1-18(2,3)13-4-5-14-11(9-13)8-12-10-15(23-17(12)21-14)16(22)20-7-6-19;15-11(10-8-12-6-7-13-10)14-9-4-2-1-3-5-9/h4-5,8-10H,6-7,19H2,1-3H3,(H,20,22);1-8H,(H,14,15). The molecule has 194 valence electrons. The van der Waals surface area contributed by atoms with E-state index in [1.165, 1.54) is 35.5 Å². The number of nitrogens with zero attached hydrogens (tertiary/aromatic N) is 3. The quantitative estimate of drug-likeness (QED) is 0.291. The number of rotatable bonds is 5. The molecule has 4 N–H and O–H groups in total. The summed E-state index contributed by atoms with van der Waals surface area (Å²) in [5, 5.41) is 7.63. The first-order chi connectivity index (χ1) is 18.2. The van der Waals surface area contributed by atoms with E-state index in [0.29, 0.717) is 23.7 Å². The zero-order valence-electron chi connectivity index (χ0n) is 21.6. The van der Waals surface area contributed by atoms with E-state index in [9.17, 15) is 9.59 Å². The summed E-state index contributed by atoms with van der Waals surface area (Å²) in [6.45, 7) is 7.52. The molecular weight excluding hydrogens is 496 g/mol. The molecule has 0 aliphatic rings. The van der Waals surface area contributed by atoms with Crippen molar-refractivity contribution in [2.75, 3.05) is 18.4 Å². The van der Waals surface area contributed by atoms with Crippen molar-refractivity contribution in [2.45, 2.75) is 26.2 Å². The maximum absolute atomic E-state index is 12.1. The molecule has 0 bridgehead atoms. The van der Waals surface area contributed by atoms with Gasteiger partial charge >= 0.3 is 0 Å². The van der Waals surface area contributed by atoms with Crippen LogP contribution < -0.4 is 16.4 Å². The van der Waals surface area contributed by atoms with Gasteiger partial charge in [-0.1, -0.05) is 45.0 Å². The number of hydrogen-bond acceptors (Lipinski definition) is 7. The number of pyridine rings is 1. The van der Waals surface area contributed by atoms with Crippen LogP contribution in [-0.4, -0.2) is 39.9 Å². The van der Waals surface area contributed by atoms with E-state index in [0.717, 1.165) is 26.8 Å². The molecule has 5 aromatic rings. The maximum Gasteiger partial charge on any atom is 0.275 e. The largest absolute Gasteiger partial charge is 0.350 e. The summed E-state index contributed by atoms with van der Waals surface area (Å²) in [5.41, 5.74) is 8.82. The van der Waals surface area contributed by atoms with Crippen LogP contribution >= 0.6 is 11.3 Å². The Kier molecular flexibility index (Phi) is 8.40. The Hall–Kier alpha value is -4.21. The molecule has 0 fully saturated rings. The number of hydrogen-bond donors (Lipinski definition) is 3. The summed E-state index contributed by atoms with van der Waals surface area (Å²) in [6, 6.07) is 19.6. The van der Waals surface area contributed by atoms with E-state index in [-0.39, 0.29) is 17.2 Å². The van der Waals surface area contributed by atoms with Crippen LogP contribution in [0.4, 0.5) is 5.69 Å². The van der Waals surface area contributed by atoms with Gasteiger partial charge in [0.1, 0.15) is 10.5 Å². The van der Waals surface area contributed by atoms with Crippen molar-refractivity contribution >= 4 is 50.0 Å². The summed E-state index contributed by atoms with van der Waals surface area (Å²) in [4.78, 5) is 37.7. The first-order valence-corrected chi connectivity index (χ1v) is 13.0. The Morgan fingerprint density at radius 1 is 0.947 bits per heavy atom. The Bertz CT molecular complexity index is 1550. The lowest BCUT2D eigenvalue weighted by atomic mass is 9.86. The predicted molar refractivity (Wildman–Crippen MR) is 154 cm³/mol. The van der Waals surface area contributed by atoms with Crippen LogP contribution in [0.25, 0.3) is 21.1 Å². The van der Waals surface area contributed by atoms with Gasteiger partial charge in [0.2, 0.25) is 0 Å². The number of carbonyl (C=O) groups excluding carboxylic acids is 2. The molecule has 0 atom stereocenters. The number of nitrogens with one attached hydrogen (secondary N) is 2. The summed E-state index contributed by atoms with van der Waals surface area (Å²) < 4.78 is 0. The molecule has 0 radical (unpaired) electrons. The number of para-hydroxylation sites is 1. The van der Waals surface area contributed by atoms with Crippen LogP contribution in [0.15, 0.2) is 79.3 Å². The van der Waals surface area contributed by atoms with Crippen molar-refractivity contribution in [3.63, 3.8) is 0 Å². The predicted octanol–water partition coefficient (Wildman–Crippen LogP) is 5.16. The maximum atomic E-state index is 12.1. The van der Waals surface area contributed by atoms with Gasteiger partial charge in [-0.3, -0.25) is 14.6 Å². The molecule has 3 aromatic heterocycles. The number of thiophene rings is 1. The minimum absolute atomic E-state index is 0.0853. The first kappa shape index (κ1) is 26.8. The van der Waals surface area contributed by atoms with E-state index in [1.54, 1.807) is 0 Å². The minimum Gasteiger partial charge on any atom is -0.350 e. The van der Waals surface area contributed by atoms with Gasteiger partial charge in [0.15, 0.2) is 0 Å². The SMILES string of the molecule is CC(C)(C)c1ccc2nc3sc(C(=O)NCCN)cc3cc2c1.O=C(Nc1ccccc1)c1cnccn1. The van der Waals surface area contributed by atoms with Crippen LogP contribution in [0, 0.1) is 0 Å². The van der Waals surface area contributed by atoms with Gasteiger partial charge in [-0.05, 0) is 47.4 Å². The Morgan fingerprint density at radius 3 is 2.42 bits per heavy atom. The molecule has 0 spiro atoms. The normalized spacial score (nSPS) is 11.1. The molecule has 2 aromatic carbocycles. The number of benzene rings is 2. The lowest BCUT2D eigenvalue weighted by Crippen LogP contribution is -2.28. The van der Waals surface area contributed by atoms with E-state index >= 15 is 0 Å². The highest BCUT2D eigenvalue weighted by Crippen LogP contribution is 2.30. The topological polar surface area (TPSA) is 123 Å². The van der Waals surface area contributed by atoms with Crippen molar-refractivity contribution in [1.82, 2.24) is 20.3 Å². The third-order valence-corrected chi connectivity index (χ3v) is 6.69. The van der Waals surface area contributed by atoms with Crippen LogP contribution in [0.3, 0.4) is 0 Å². The molecule has 3 heterocycles. The monoisotopic (exact) mass is 526 g/mol. The molecule has 0 unspecified atom stereocenters. The summed E-state index contributed by atoms with van der Waals surface area (Å²) in [6.07, 6.45) is 4.44. The van der Waals surface area contributed by atoms with Gasteiger partial charge in [-0.25, -0.2) is 9.97 Å². The fourth-order valence-corrected chi connectivity index (χ4v) is 4.56. The van der Waals surface area contributed by atoms with Gasteiger partial charge in [-0.2, -0.15) is 0 Å². The minimum atomic E-state index is -0.255. The van der Waals surface area contributed by atoms with Crippen molar-refractivity contribution in [3.05, 3.63) is 95.4 Å². The van der Waals surface area contributed by atoms with Crippen molar-refractivity contribution in [2.24, 2.45) is 5.73 Å². The molecule has 9 heteroatoms. The third-order valence-electron chi connectivity index (χ3n) is 5.65. The third kappa shape index (κ3) is 6.76. The molecule has 0 saturated heterocycles. The molecule has 8 nitrogen and oxygen atoms in total.